The maximum atomic E-state index is 12.7. The lowest BCUT2D eigenvalue weighted by atomic mass is 9.97. The third-order valence-corrected chi connectivity index (χ3v) is 8.01. The molecule has 168 valence electrons. The molecular formula is C22H26Cl2N2O4S. The average Bonchev–Trinajstić information content (AvgIpc) is 2.76. The topological polar surface area (TPSA) is 75.7 Å². The van der Waals surface area contributed by atoms with E-state index in [4.69, 9.17) is 27.9 Å². The smallest absolute Gasteiger partial charge is 0.223 e. The fourth-order valence-electron chi connectivity index (χ4n) is 3.59. The van der Waals surface area contributed by atoms with Gasteiger partial charge in [-0.25, -0.2) is 12.7 Å². The van der Waals surface area contributed by atoms with Gasteiger partial charge >= 0.3 is 0 Å². The lowest BCUT2D eigenvalue weighted by Gasteiger charge is -2.30. The zero-order chi connectivity index (χ0) is 22.4. The molecule has 1 saturated heterocycles. The van der Waals surface area contributed by atoms with E-state index in [1.54, 1.807) is 25.3 Å². The first-order valence-electron chi connectivity index (χ1n) is 10.1. The van der Waals surface area contributed by atoms with Crippen LogP contribution in [-0.2, 0) is 27.0 Å². The van der Waals surface area contributed by atoms with Crippen molar-refractivity contribution in [3.8, 4) is 5.75 Å². The first-order valence-corrected chi connectivity index (χ1v) is 12.5. The van der Waals surface area contributed by atoms with E-state index in [0.29, 0.717) is 48.1 Å². The molecule has 3 rings (SSSR count). The molecule has 0 bridgehead atoms. The largest absolute Gasteiger partial charge is 0.497 e. The number of ether oxygens (including phenoxy) is 1. The van der Waals surface area contributed by atoms with Crippen LogP contribution in [0.15, 0.2) is 42.5 Å². The highest BCUT2D eigenvalue weighted by molar-refractivity contribution is 7.88. The molecule has 0 unspecified atom stereocenters. The van der Waals surface area contributed by atoms with Gasteiger partial charge < -0.3 is 10.1 Å². The summed E-state index contributed by atoms with van der Waals surface area (Å²) in [7, 11) is -1.86. The second-order valence-corrected chi connectivity index (χ2v) is 10.4. The minimum Gasteiger partial charge on any atom is -0.497 e. The SMILES string of the molecule is COc1ccc(CCNC(=O)C2CCN(S(=O)(=O)Cc3ccc(Cl)c(Cl)c3)CC2)cc1. The number of halogens is 2. The normalized spacial score (nSPS) is 15.6. The Labute approximate surface area is 193 Å². The van der Waals surface area contributed by atoms with E-state index in [9.17, 15) is 13.2 Å². The molecule has 31 heavy (non-hydrogen) atoms. The molecule has 2 aromatic carbocycles. The Hall–Kier alpha value is -1.80. The Kier molecular flexibility index (Phi) is 8.22. The summed E-state index contributed by atoms with van der Waals surface area (Å²) < 4.78 is 32.1. The molecule has 1 aliphatic rings. The van der Waals surface area contributed by atoms with E-state index >= 15 is 0 Å². The molecule has 0 radical (unpaired) electrons. The van der Waals surface area contributed by atoms with Crippen molar-refractivity contribution in [2.75, 3.05) is 26.7 Å². The van der Waals surface area contributed by atoms with Crippen LogP contribution in [-0.4, -0.2) is 45.4 Å². The van der Waals surface area contributed by atoms with E-state index in [0.717, 1.165) is 17.7 Å². The first kappa shape index (κ1) is 23.9. The number of benzene rings is 2. The summed E-state index contributed by atoms with van der Waals surface area (Å²) >= 11 is 11.9. The van der Waals surface area contributed by atoms with Gasteiger partial charge in [-0.3, -0.25) is 4.79 Å². The molecule has 0 spiro atoms. The Morgan fingerprint density at radius 3 is 2.32 bits per heavy atom. The molecule has 1 heterocycles. The number of carbonyl (C=O) groups is 1. The van der Waals surface area contributed by atoms with Crippen LogP contribution in [0.25, 0.3) is 0 Å². The van der Waals surface area contributed by atoms with Crippen LogP contribution in [0.3, 0.4) is 0 Å². The first-order chi connectivity index (χ1) is 14.8. The maximum Gasteiger partial charge on any atom is 0.223 e. The van der Waals surface area contributed by atoms with Gasteiger partial charge in [0.15, 0.2) is 0 Å². The van der Waals surface area contributed by atoms with E-state index < -0.39 is 10.0 Å². The van der Waals surface area contributed by atoms with Gasteiger partial charge in [0.25, 0.3) is 0 Å². The Morgan fingerprint density at radius 1 is 1.06 bits per heavy atom. The third-order valence-electron chi connectivity index (χ3n) is 5.42. The van der Waals surface area contributed by atoms with Gasteiger partial charge in [0.1, 0.15) is 5.75 Å². The third kappa shape index (κ3) is 6.59. The highest BCUT2D eigenvalue weighted by atomic mass is 35.5. The number of hydrogen-bond donors (Lipinski definition) is 1. The standard InChI is InChI=1S/C22H26Cl2N2O4S/c1-30-19-5-2-16(3-6-19)8-11-25-22(27)18-9-12-26(13-10-18)31(28,29)15-17-4-7-20(23)21(24)14-17/h2-7,14,18H,8-13,15H2,1H3,(H,25,27). The summed E-state index contributed by atoms with van der Waals surface area (Å²) in [4.78, 5) is 12.5. The minimum atomic E-state index is -3.48. The fraction of sp³-hybridized carbons (Fsp3) is 0.409. The van der Waals surface area contributed by atoms with Crippen molar-refractivity contribution in [1.82, 2.24) is 9.62 Å². The minimum absolute atomic E-state index is 0.0185. The van der Waals surface area contributed by atoms with Crippen molar-refractivity contribution < 1.29 is 17.9 Å². The molecular weight excluding hydrogens is 459 g/mol. The molecule has 2 aromatic rings. The van der Waals surface area contributed by atoms with Crippen molar-refractivity contribution in [1.29, 1.82) is 0 Å². The van der Waals surface area contributed by atoms with Gasteiger partial charge in [0, 0.05) is 25.6 Å². The van der Waals surface area contributed by atoms with Crippen LogP contribution in [0, 0.1) is 5.92 Å². The number of methoxy groups -OCH3 is 1. The molecule has 0 aliphatic carbocycles. The quantitative estimate of drug-likeness (QED) is 0.616. The van der Waals surface area contributed by atoms with Gasteiger partial charge in [0.05, 0.1) is 22.9 Å². The predicted molar refractivity (Wildman–Crippen MR) is 123 cm³/mol. The van der Waals surface area contributed by atoms with E-state index in [1.165, 1.54) is 4.31 Å². The second kappa shape index (κ2) is 10.7. The van der Waals surface area contributed by atoms with Crippen LogP contribution >= 0.6 is 23.2 Å². The number of rotatable bonds is 8. The fourth-order valence-corrected chi connectivity index (χ4v) is 5.47. The van der Waals surface area contributed by atoms with Crippen molar-refractivity contribution in [2.45, 2.75) is 25.0 Å². The van der Waals surface area contributed by atoms with Gasteiger partial charge in [-0.2, -0.15) is 0 Å². The second-order valence-electron chi connectivity index (χ2n) is 7.57. The van der Waals surface area contributed by atoms with Crippen LogP contribution in [0.1, 0.15) is 24.0 Å². The van der Waals surface area contributed by atoms with Crippen molar-refractivity contribution >= 4 is 39.1 Å². The summed E-state index contributed by atoms with van der Waals surface area (Å²) in [6, 6.07) is 12.6. The number of piperidine rings is 1. The van der Waals surface area contributed by atoms with Crippen LogP contribution in [0.4, 0.5) is 0 Å². The van der Waals surface area contributed by atoms with Crippen LogP contribution in [0.2, 0.25) is 10.0 Å². The van der Waals surface area contributed by atoms with Gasteiger partial charge in [-0.05, 0) is 54.7 Å². The van der Waals surface area contributed by atoms with E-state index in [-0.39, 0.29) is 17.6 Å². The molecule has 0 saturated carbocycles. The molecule has 1 amide bonds. The number of amides is 1. The summed E-state index contributed by atoms with van der Waals surface area (Å²) in [6.07, 6.45) is 1.75. The number of nitrogens with one attached hydrogen (secondary N) is 1. The summed E-state index contributed by atoms with van der Waals surface area (Å²) in [5.74, 6) is 0.471. The molecule has 0 atom stereocenters. The molecule has 1 N–H and O–H groups in total. The Bertz CT molecular complexity index is 1000. The lowest BCUT2D eigenvalue weighted by molar-refractivity contribution is -0.126. The highest BCUT2D eigenvalue weighted by Gasteiger charge is 2.31. The molecule has 9 heteroatoms. The number of sulfonamides is 1. The Morgan fingerprint density at radius 2 is 1.71 bits per heavy atom. The van der Waals surface area contributed by atoms with Crippen molar-refractivity contribution in [3.63, 3.8) is 0 Å². The monoisotopic (exact) mass is 484 g/mol. The van der Waals surface area contributed by atoms with E-state index in [1.807, 2.05) is 24.3 Å². The predicted octanol–water partition coefficient (Wildman–Crippen LogP) is 3.90. The van der Waals surface area contributed by atoms with Gasteiger partial charge in [0.2, 0.25) is 15.9 Å². The zero-order valence-electron chi connectivity index (χ0n) is 17.3. The number of nitrogens with zero attached hydrogens (tertiary/aromatic N) is 1. The molecule has 1 fully saturated rings. The van der Waals surface area contributed by atoms with Crippen LogP contribution < -0.4 is 10.1 Å². The Balaban J connectivity index is 1.45. The molecule has 6 nitrogen and oxygen atoms in total. The summed E-state index contributed by atoms with van der Waals surface area (Å²) in [5.41, 5.74) is 1.71. The lowest BCUT2D eigenvalue weighted by Crippen LogP contribution is -2.43. The van der Waals surface area contributed by atoms with Crippen LogP contribution in [0.5, 0.6) is 5.75 Å². The summed E-state index contributed by atoms with van der Waals surface area (Å²) in [6.45, 7) is 1.21. The van der Waals surface area contributed by atoms with Gasteiger partial charge in [-0.1, -0.05) is 41.4 Å². The molecule has 1 aliphatic heterocycles. The summed E-state index contributed by atoms with van der Waals surface area (Å²) in [5, 5.41) is 3.69. The average molecular weight is 485 g/mol. The molecule has 0 aromatic heterocycles. The maximum absolute atomic E-state index is 12.7. The highest BCUT2D eigenvalue weighted by Crippen LogP contribution is 2.26. The van der Waals surface area contributed by atoms with E-state index in [2.05, 4.69) is 5.32 Å². The zero-order valence-corrected chi connectivity index (χ0v) is 19.6. The number of carbonyl (C=O) groups excluding carboxylic acids is 1. The number of hydrogen-bond acceptors (Lipinski definition) is 4. The van der Waals surface area contributed by atoms with Crippen molar-refractivity contribution in [3.05, 3.63) is 63.6 Å². The van der Waals surface area contributed by atoms with Crippen molar-refractivity contribution in [2.24, 2.45) is 5.92 Å². The van der Waals surface area contributed by atoms with Gasteiger partial charge in [-0.15, -0.1) is 0 Å².